The first-order valence-corrected chi connectivity index (χ1v) is 9.65. The molecule has 1 amide bonds. The summed E-state index contributed by atoms with van der Waals surface area (Å²) in [4.78, 5) is 13.6. The number of ether oxygens (including phenoxy) is 1. The van der Waals surface area contributed by atoms with Gasteiger partial charge in [0.25, 0.3) is 5.01 Å². The number of hydrogen-bond acceptors (Lipinski definition) is 3. The van der Waals surface area contributed by atoms with Gasteiger partial charge in [-0.3, -0.25) is 9.69 Å². The van der Waals surface area contributed by atoms with Crippen molar-refractivity contribution < 1.29 is 38.1 Å². The molecule has 3 rings (SSSR count). The van der Waals surface area contributed by atoms with Gasteiger partial charge in [0.1, 0.15) is 17.0 Å². The Morgan fingerprint density at radius 1 is 1.18 bits per heavy atom. The molecule has 0 spiro atoms. The van der Waals surface area contributed by atoms with Crippen LogP contribution >= 0.6 is 11.3 Å². The Labute approximate surface area is 186 Å². The molecule has 0 radical (unpaired) electrons. The maximum atomic E-state index is 11.9. The molecule has 0 atom stereocenters. The summed E-state index contributed by atoms with van der Waals surface area (Å²) >= 11 is 1.72. The van der Waals surface area contributed by atoms with Gasteiger partial charge >= 0.3 is 0 Å². The lowest BCUT2D eigenvalue weighted by atomic mass is 10.3. The summed E-state index contributed by atoms with van der Waals surface area (Å²) in [6.07, 6.45) is 7.72. The van der Waals surface area contributed by atoms with Gasteiger partial charge < -0.3 is 28.7 Å². The van der Waals surface area contributed by atoms with Crippen molar-refractivity contribution in [3.63, 3.8) is 0 Å². The number of amides is 1. The number of rotatable bonds is 6. The normalized spacial score (nSPS) is 11.1. The lowest BCUT2D eigenvalue weighted by Crippen LogP contribution is -3.00. The van der Waals surface area contributed by atoms with Gasteiger partial charge in [-0.2, -0.15) is 4.57 Å². The van der Waals surface area contributed by atoms with Crippen LogP contribution in [0.25, 0.3) is 16.3 Å². The van der Waals surface area contributed by atoms with Crippen LogP contribution in [0, 0.1) is 0 Å². The number of carbonyl (C=O) groups is 1. The molecule has 0 unspecified atom stereocenters. The minimum Gasteiger partial charge on any atom is -1.00 e. The predicted octanol–water partition coefficient (Wildman–Crippen LogP) is 1.80. The van der Waals surface area contributed by atoms with Crippen molar-refractivity contribution in [2.75, 3.05) is 12.0 Å². The highest BCUT2D eigenvalue weighted by molar-refractivity contribution is 7.18. The van der Waals surface area contributed by atoms with E-state index in [2.05, 4.69) is 29.7 Å². The van der Waals surface area contributed by atoms with Crippen molar-refractivity contribution in [2.24, 2.45) is 0 Å². The number of fused-ring (bicyclic) bond motifs is 1. The first-order chi connectivity index (χ1) is 13.1. The number of carbonyl (C=O) groups excluding carboxylic acids is 1. The molecule has 4 nitrogen and oxygen atoms in total. The average molecular weight is 506 g/mol. The summed E-state index contributed by atoms with van der Waals surface area (Å²) in [7, 11) is 1.68. The number of aromatic nitrogens is 1. The van der Waals surface area contributed by atoms with Crippen LogP contribution in [0.2, 0.25) is 0 Å². The molecule has 0 aliphatic rings. The van der Waals surface area contributed by atoms with Crippen LogP contribution in [0.15, 0.2) is 66.9 Å². The maximum Gasteiger partial charge on any atom is 0.262 e. The molecular weight excluding hydrogens is 483 g/mol. The van der Waals surface area contributed by atoms with Crippen LogP contribution in [-0.2, 0) is 11.3 Å². The largest absolute Gasteiger partial charge is 1.00 e. The van der Waals surface area contributed by atoms with Crippen molar-refractivity contribution in [1.29, 1.82) is 0 Å². The second-order valence-corrected chi connectivity index (χ2v) is 7.01. The number of para-hydroxylation sites is 1. The molecule has 6 heteroatoms. The van der Waals surface area contributed by atoms with Crippen LogP contribution in [0.1, 0.15) is 18.9 Å². The van der Waals surface area contributed by atoms with E-state index in [4.69, 9.17) is 4.74 Å². The topological polar surface area (TPSA) is 33.4 Å². The van der Waals surface area contributed by atoms with Gasteiger partial charge in [-0.1, -0.05) is 35.6 Å². The van der Waals surface area contributed by atoms with E-state index in [1.807, 2.05) is 48.6 Å². The number of methoxy groups -OCH3 is 1. The molecule has 0 fully saturated rings. The van der Waals surface area contributed by atoms with E-state index >= 15 is 0 Å². The predicted molar refractivity (Wildman–Crippen MR) is 112 cm³/mol. The van der Waals surface area contributed by atoms with Gasteiger partial charge in [0.2, 0.25) is 11.4 Å². The third-order valence-corrected chi connectivity index (χ3v) is 5.33. The Kier molecular flexibility index (Phi) is 8.19. The summed E-state index contributed by atoms with van der Waals surface area (Å²) in [5, 5.41) is 1.15. The summed E-state index contributed by atoms with van der Waals surface area (Å²) < 4.78 is 8.78. The summed E-state index contributed by atoms with van der Waals surface area (Å²) in [6, 6.07) is 15.7. The Morgan fingerprint density at radius 3 is 2.57 bits per heavy atom. The van der Waals surface area contributed by atoms with E-state index in [0.29, 0.717) is 0 Å². The SMILES string of the molecule is CC[n+]1c(/C=C/C=C/N(C(C)=O)c2ccccc2)sc2cc(OC)ccc21.[I-]. The van der Waals surface area contributed by atoms with Crippen molar-refractivity contribution in [3.05, 3.63) is 71.9 Å². The molecular formula is C22H23IN2O2S. The summed E-state index contributed by atoms with van der Waals surface area (Å²) in [6.45, 7) is 4.58. The van der Waals surface area contributed by atoms with Crippen LogP contribution in [0.3, 0.4) is 0 Å². The Hall–Kier alpha value is -2.19. The van der Waals surface area contributed by atoms with Gasteiger partial charge in [-0.25, -0.2) is 0 Å². The minimum atomic E-state index is -0.0246. The first-order valence-electron chi connectivity index (χ1n) is 8.84. The highest BCUT2D eigenvalue weighted by atomic mass is 127. The summed E-state index contributed by atoms with van der Waals surface area (Å²) in [5.74, 6) is 0.839. The Balaban J connectivity index is 0.00000280. The zero-order chi connectivity index (χ0) is 19.2. The van der Waals surface area contributed by atoms with Crippen LogP contribution in [-0.4, -0.2) is 13.0 Å². The number of halogens is 1. The number of hydrogen-bond donors (Lipinski definition) is 0. The van der Waals surface area contributed by atoms with Gasteiger partial charge in [0.15, 0.2) is 0 Å². The van der Waals surface area contributed by atoms with Gasteiger partial charge in [-0.15, -0.1) is 0 Å². The Bertz CT molecular complexity index is 996. The number of thiazole rings is 1. The fourth-order valence-electron chi connectivity index (χ4n) is 2.90. The number of allylic oxidation sites excluding steroid dienone is 2. The van der Waals surface area contributed by atoms with Crippen LogP contribution in [0.4, 0.5) is 5.69 Å². The highest BCUT2D eigenvalue weighted by Gasteiger charge is 2.17. The first kappa shape index (κ1) is 22.1. The molecule has 0 N–H and O–H groups in total. The summed E-state index contributed by atoms with van der Waals surface area (Å²) in [5.41, 5.74) is 2.05. The number of aryl methyl sites for hydroxylation is 1. The van der Waals surface area contributed by atoms with E-state index in [1.54, 1.807) is 36.5 Å². The van der Waals surface area contributed by atoms with Crippen molar-refractivity contribution in [2.45, 2.75) is 20.4 Å². The van der Waals surface area contributed by atoms with E-state index in [-0.39, 0.29) is 29.9 Å². The van der Waals surface area contributed by atoms with Crippen molar-refractivity contribution in [3.8, 4) is 5.75 Å². The lowest BCUT2D eigenvalue weighted by Gasteiger charge is -2.15. The fourth-order valence-corrected chi connectivity index (χ4v) is 4.07. The fraction of sp³-hybridized carbons (Fsp3) is 0.182. The molecule has 28 heavy (non-hydrogen) atoms. The smallest absolute Gasteiger partial charge is 0.262 e. The van der Waals surface area contributed by atoms with Crippen molar-refractivity contribution >= 4 is 39.2 Å². The van der Waals surface area contributed by atoms with Crippen LogP contribution in [0.5, 0.6) is 5.75 Å². The molecule has 0 saturated heterocycles. The lowest BCUT2D eigenvalue weighted by molar-refractivity contribution is -0.665. The minimum absolute atomic E-state index is 0. The zero-order valence-electron chi connectivity index (χ0n) is 16.1. The third-order valence-electron chi connectivity index (χ3n) is 4.21. The quantitative estimate of drug-likeness (QED) is 0.291. The molecule has 2 aromatic carbocycles. The van der Waals surface area contributed by atoms with E-state index in [0.717, 1.165) is 23.0 Å². The monoisotopic (exact) mass is 506 g/mol. The Morgan fingerprint density at radius 2 is 1.93 bits per heavy atom. The highest BCUT2D eigenvalue weighted by Crippen LogP contribution is 2.26. The van der Waals surface area contributed by atoms with Crippen LogP contribution < -0.4 is 38.2 Å². The zero-order valence-corrected chi connectivity index (χ0v) is 19.1. The molecule has 0 saturated carbocycles. The molecule has 0 bridgehead atoms. The molecule has 1 aromatic heterocycles. The van der Waals surface area contributed by atoms with Gasteiger partial charge in [0, 0.05) is 37.0 Å². The van der Waals surface area contributed by atoms with Gasteiger partial charge in [-0.05, 0) is 31.2 Å². The van der Waals surface area contributed by atoms with E-state index < -0.39 is 0 Å². The standard InChI is InChI=1S/C22H23N2O2S.HI/c1-4-23-20-14-13-19(26-3)16-21(20)27-22(23)12-8-9-15-24(17(2)25)18-10-6-5-7-11-18;/h5-16H,4H2,1-3H3;1H/q+1;/p-1. The van der Waals surface area contributed by atoms with Crippen molar-refractivity contribution in [1.82, 2.24) is 0 Å². The number of nitrogens with zero attached hydrogens (tertiary/aromatic N) is 2. The average Bonchev–Trinajstić information content (AvgIpc) is 3.04. The van der Waals surface area contributed by atoms with E-state index in [1.165, 1.54) is 10.2 Å². The second kappa shape index (κ2) is 10.4. The third kappa shape index (κ3) is 4.99. The maximum absolute atomic E-state index is 11.9. The molecule has 0 aliphatic carbocycles. The molecule has 146 valence electrons. The second-order valence-electron chi connectivity index (χ2n) is 5.94. The van der Waals surface area contributed by atoms with E-state index in [9.17, 15) is 4.79 Å². The number of anilines is 1. The molecule has 0 aliphatic heterocycles. The molecule has 3 aromatic rings. The molecule has 1 heterocycles. The van der Waals surface area contributed by atoms with Gasteiger partial charge in [0.05, 0.1) is 7.11 Å². The number of benzene rings is 2.